The molecule has 0 spiro atoms. The predicted octanol–water partition coefficient (Wildman–Crippen LogP) is 3.79. The maximum absolute atomic E-state index is 13.5. The van der Waals surface area contributed by atoms with Crippen molar-refractivity contribution in [3.05, 3.63) is 64.7 Å². The van der Waals surface area contributed by atoms with Crippen LogP contribution in [0.4, 0.5) is 5.69 Å². The van der Waals surface area contributed by atoms with E-state index in [1.807, 2.05) is 52.7 Å². The van der Waals surface area contributed by atoms with Crippen molar-refractivity contribution < 1.29 is 23.4 Å². The highest BCUT2D eigenvalue weighted by molar-refractivity contribution is 7.09. The Labute approximate surface area is 185 Å². The van der Waals surface area contributed by atoms with Gasteiger partial charge in [-0.05, 0) is 35.7 Å². The molecule has 0 bridgehead atoms. The first-order valence-corrected chi connectivity index (χ1v) is 11.1. The Bertz CT molecular complexity index is 959. The number of amides is 1. The highest BCUT2D eigenvalue weighted by Crippen LogP contribution is 2.34. The molecule has 1 aliphatic heterocycles. The number of hydrogen-bond acceptors (Lipinski definition) is 7. The molecule has 31 heavy (non-hydrogen) atoms. The van der Waals surface area contributed by atoms with E-state index in [4.69, 9.17) is 18.6 Å². The van der Waals surface area contributed by atoms with Crippen LogP contribution in [0.25, 0.3) is 0 Å². The minimum Gasteiger partial charge on any atom is -0.486 e. The normalized spacial score (nSPS) is 12.8. The van der Waals surface area contributed by atoms with Crippen LogP contribution in [-0.2, 0) is 22.6 Å². The Balaban J connectivity index is 1.55. The zero-order chi connectivity index (χ0) is 21.5. The van der Waals surface area contributed by atoms with E-state index < -0.39 is 0 Å². The van der Waals surface area contributed by atoms with Crippen LogP contribution in [-0.4, -0.2) is 50.8 Å². The van der Waals surface area contributed by atoms with Crippen molar-refractivity contribution in [2.45, 2.75) is 13.1 Å². The number of thiophene rings is 1. The second kappa shape index (κ2) is 10.5. The van der Waals surface area contributed by atoms with E-state index in [-0.39, 0.29) is 12.5 Å². The SMILES string of the molecule is COCCN(CC(=O)N(Cc1cccs1)c1ccc2c(c1)OCCO2)Cc1ccco1. The van der Waals surface area contributed by atoms with Crippen LogP contribution >= 0.6 is 11.3 Å². The number of hydrogen-bond donors (Lipinski definition) is 0. The number of carbonyl (C=O) groups is 1. The first-order valence-electron chi connectivity index (χ1n) is 10.2. The van der Waals surface area contributed by atoms with Gasteiger partial charge in [0, 0.05) is 30.3 Å². The van der Waals surface area contributed by atoms with Crippen LogP contribution in [0.5, 0.6) is 11.5 Å². The number of ether oxygens (including phenoxy) is 3. The largest absolute Gasteiger partial charge is 0.486 e. The Morgan fingerprint density at radius 3 is 2.71 bits per heavy atom. The van der Waals surface area contributed by atoms with Crippen molar-refractivity contribution in [1.29, 1.82) is 0 Å². The average molecular weight is 443 g/mol. The van der Waals surface area contributed by atoms with Gasteiger partial charge in [-0.15, -0.1) is 11.3 Å². The summed E-state index contributed by atoms with van der Waals surface area (Å²) in [5.74, 6) is 2.18. The molecular weight excluding hydrogens is 416 g/mol. The molecule has 2 aromatic heterocycles. The second-order valence-corrected chi connectivity index (χ2v) is 8.20. The van der Waals surface area contributed by atoms with E-state index in [1.54, 1.807) is 29.6 Å². The number of furan rings is 1. The molecule has 0 saturated heterocycles. The third-order valence-corrected chi connectivity index (χ3v) is 5.82. The van der Waals surface area contributed by atoms with Crippen LogP contribution in [0.1, 0.15) is 10.6 Å². The van der Waals surface area contributed by atoms with Gasteiger partial charge in [-0.25, -0.2) is 0 Å². The van der Waals surface area contributed by atoms with E-state index in [1.165, 1.54) is 0 Å². The van der Waals surface area contributed by atoms with Gasteiger partial charge < -0.3 is 23.5 Å². The molecule has 1 aromatic carbocycles. The second-order valence-electron chi connectivity index (χ2n) is 7.17. The van der Waals surface area contributed by atoms with E-state index >= 15 is 0 Å². The quantitative estimate of drug-likeness (QED) is 0.476. The lowest BCUT2D eigenvalue weighted by Crippen LogP contribution is -2.41. The topological polar surface area (TPSA) is 64.4 Å². The number of benzene rings is 1. The summed E-state index contributed by atoms with van der Waals surface area (Å²) < 4.78 is 22.1. The Kier molecular flexibility index (Phi) is 7.24. The van der Waals surface area contributed by atoms with E-state index in [0.29, 0.717) is 51.0 Å². The summed E-state index contributed by atoms with van der Waals surface area (Å²) in [6.07, 6.45) is 1.64. The molecule has 0 radical (unpaired) electrons. The lowest BCUT2D eigenvalue weighted by Gasteiger charge is -2.28. The van der Waals surface area contributed by atoms with Crippen molar-refractivity contribution in [1.82, 2.24) is 4.90 Å². The van der Waals surface area contributed by atoms with Crippen molar-refractivity contribution in [3.63, 3.8) is 0 Å². The molecule has 7 nitrogen and oxygen atoms in total. The van der Waals surface area contributed by atoms with Crippen molar-refractivity contribution in [2.75, 3.05) is 44.9 Å². The van der Waals surface area contributed by atoms with Crippen LogP contribution in [0.3, 0.4) is 0 Å². The molecule has 1 aliphatic rings. The molecule has 3 heterocycles. The number of anilines is 1. The monoisotopic (exact) mass is 442 g/mol. The highest BCUT2D eigenvalue weighted by Gasteiger charge is 2.23. The van der Waals surface area contributed by atoms with Gasteiger partial charge in [0.1, 0.15) is 19.0 Å². The first kappa shape index (κ1) is 21.4. The van der Waals surface area contributed by atoms with Gasteiger partial charge in [-0.2, -0.15) is 0 Å². The maximum atomic E-state index is 13.5. The Hall–Kier alpha value is -2.81. The van der Waals surface area contributed by atoms with Crippen molar-refractivity contribution in [3.8, 4) is 11.5 Å². The van der Waals surface area contributed by atoms with Gasteiger partial charge in [-0.3, -0.25) is 9.69 Å². The third-order valence-electron chi connectivity index (χ3n) is 4.96. The zero-order valence-corrected chi connectivity index (χ0v) is 18.3. The molecule has 164 valence electrons. The fourth-order valence-corrected chi connectivity index (χ4v) is 4.11. The summed E-state index contributed by atoms with van der Waals surface area (Å²) in [5, 5.41) is 2.02. The third kappa shape index (κ3) is 5.66. The van der Waals surface area contributed by atoms with Crippen LogP contribution < -0.4 is 14.4 Å². The minimum atomic E-state index is -0.00673. The van der Waals surface area contributed by atoms with Gasteiger partial charge in [-0.1, -0.05) is 6.07 Å². The molecule has 3 aromatic rings. The van der Waals surface area contributed by atoms with E-state index in [0.717, 1.165) is 16.3 Å². The zero-order valence-electron chi connectivity index (χ0n) is 17.5. The fraction of sp³-hybridized carbons (Fsp3) is 0.348. The van der Waals surface area contributed by atoms with E-state index in [2.05, 4.69) is 0 Å². The maximum Gasteiger partial charge on any atom is 0.241 e. The fourth-order valence-electron chi connectivity index (χ4n) is 3.42. The minimum absolute atomic E-state index is 0.00673. The molecule has 0 aliphatic carbocycles. The standard InChI is InChI=1S/C23H26N2O5S/c1-27-10-8-24(15-19-4-2-9-28-19)17-23(26)25(16-20-5-3-13-31-20)18-6-7-21-22(14-18)30-12-11-29-21/h2-7,9,13-14H,8,10-12,15-17H2,1H3. The predicted molar refractivity (Wildman–Crippen MR) is 119 cm³/mol. The molecule has 8 heteroatoms. The number of carbonyl (C=O) groups excluding carboxylic acids is 1. The number of fused-ring (bicyclic) bond motifs is 1. The molecule has 0 fully saturated rings. The van der Waals surface area contributed by atoms with Gasteiger partial charge in [0.25, 0.3) is 0 Å². The molecule has 0 atom stereocenters. The number of methoxy groups -OCH3 is 1. The summed E-state index contributed by atoms with van der Waals surface area (Å²) in [6, 6.07) is 13.4. The number of rotatable bonds is 10. The molecule has 0 N–H and O–H groups in total. The molecular formula is C23H26N2O5S. The summed E-state index contributed by atoms with van der Waals surface area (Å²) >= 11 is 1.63. The van der Waals surface area contributed by atoms with Crippen LogP contribution in [0, 0.1) is 0 Å². The summed E-state index contributed by atoms with van der Waals surface area (Å²) in [7, 11) is 1.66. The highest BCUT2D eigenvalue weighted by atomic mass is 32.1. The summed E-state index contributed by atoms with van der Waals surface area (Å²) in [4.78, 5) is 18.4. The van der Waals surface area contributed by atoms with Gasteiger partial charge in [0.15, 0.2) is 11.5 Å². The van der Waals surface area contributed by atoms with Gasteiger partial charge in [0.2, 0.25) is 5.91 Å². The lowest BCUT2D eigenvalue weighted by molar-refractivity contribution is -0.120. The molecule has 0 saturated carbocycles. The smallest absolute Gasteiger partial charge is 0.241 e. The first-order chi connectivity index (χ1) is 15.2. The molecule has 1 amide bonds. The van der Waals surface area contributed by atoms with Gasteiger partial charge in [0.05, 0.1) is 32.5 Å². The van der Waals surface area contributed by atoms with Crippen molar-refractivity contribution in [2.24, 2.45) is 0 Å². The average Bonchev–Trinajstić information content (AvgIpc) is 3.49. The number of nitrogens with zero attached hydrogens (tertiary/aromatic N) is 2. The van der Waals surface area contributed by atoms with Crippen LogP contribution in [0.15, 0.2) is 58.5 Å². The van der Waals surface area contributed by atoms with E-state index in [9.17, 15) is 4.79 Å². The van der Waals surface area contributed by atoms with Crippen molar-refractivity contribution >= 4 is 22.9 Å². The Morgan fingerprint density at radius 2 is 1.97 bits per heavy atom. The summed E-state index contributed by atoms with van der Waals surface area (Å²) in [6.45, 7) is 3.46. The molecule has 4 rings (SSSR count). The molecule has 0 unspecified atom stereocenters. The summed E-state index contributed by atoms with van der Waals surface area (Å²) in [5.41, 5.74) is 0.785. The Morgan fingerprint density at radius 1 is 1.10 bits per heavy atom. The van der Waals surface area contributed by atoms with Gasteiger partial charge >= 0.3 is 0 Å². The lowest BCUT2D eigenvalue weighted by atomic mass is 10.2. The van der Waals surface area contributed by atoms with Crippen LogP contribution in [0.2, 0.25) is 0 Å².